The van der Waals surface area contributed by atoms with Gasteiger partial charge in [0.2, 0.25) is 0 Å². The van der Waals surface area contributed by atoms with Crippen LogP contribution in [-0.2, 0) is 71.3 Å². The molecule has 4 atom stereocenters. The van der Waals surface area contributed by atoms with E-state index < -0.39 is 52.5 Å². The van der Waals surface area contributed by atoms with Crippen LogP contribution in [0, 0.1) is 25.7 Å². The van der Waals surface area contributed by atoms with Gasteiger partial charge < -0.3 is 33.7 Å². The highest BCUT2D eigenvalue weighted by Crippen LogP contribution is 2.54. The number of nitrogens with zero attached hydrogens (tertiary/aromatic N) is 2. The molecule has 7 rings (SSSR count). The van der Waals surface area contributed by atoms with E-state index >= 15 is 0 Å². The number of aromatic nitrogens is 4. The molecule has 2 aliphatic heterocycles. The zero-order valence-corrected chi connectivity index (χ0v) is 35.4. The number of H-pyrrole nitrogens is 2. The summed E-state index contributed by atoms with van der Waals surface area (Å²) in [6, 6.07) is 7.57. The molecule has 0 saturated heterocycles. The van der Waals surface area contributed by atoms with Crippen LogP contribution in [0.15, 0.2) is 59.7 Å². The number of carbonyl (C=O) groups is 5. The van der Waals surface area contributed by atoms with E-state index in [-0.39, 0.29) is 17.6 Å². The van der Waals surface area contributed by atoms with Gasteiger partial charge in [0, 0.05) is 28.5 Å². The van der Waals surface area contributed by atoms with Crippen LogP contribution in [0.4, 0.5) is 0 Å². The molecule has 2 N–H and O–H groups in total. The molecule has 0 saturated carbocycles. The summed E-state index contributed by atoms with van der Waals surface area (Å²) in [6.45, 7) is 9.71. The van der Waals surface area contributed by atoms with Crippen molar-refractivity contribution in [3.8, 4) is 0 Å². The molecular weight excluding hydrogens is 769 g/mol. The van der Waals surface area contributed by atoms with E-state index in [2.05, 4.69) is 9.97 Å². The van der Waals surface area contributed by atoms with Crippen LogP contribution >= 0.6 is 0 Å². The molecule has 4 aliphatic rings. The Balaban J connectivity index is 1.66. The fourth-order valence-electron chi connectivity index (χ4n) is 9.40. The van der Waals surface area contributed by atoms with Crippen molar-refractivity contribution in [3.05, 3.63) is 105 Å². The highest BCUT2D eigenvalue weighted by atomic mass is 16.5. The van der Waals surface area contributed by atoms with Gasteiger partial charge in [-0.1, -0.05) is 31.2 Å². The lowest BCUT2D eigenvalue weighted by Crippen LogP contribution is -2.42. The van der Waals surface area contributed by atoms with E-state index in [1.807, 2.05) is 58.9 Å². The number of methoxy groups -OCH3 is 5. The van der Waals surface area contributed by atoms with Gasteiger partial charge in [-0.3, -0.25) is 24.4 Å². The molecule has 3 aromatic rings. The largest absolute Gasteiger partial charge is 0.469 e. The maximum absolute atomic E-state index is 13.8. The van der Waals surface area contributed by atoms with Crippen molar-refractivity contribution in [3.63, 3.8) is 0 Å². The summed E-state index contributed by atoms with van der Waals surface area (Å²) < 4.78 is 26.0. The van der Waals surface area contributed by atoms with E-state index in [1.165, 1.54) is 35.5 Å². The number of ether oxygens (including phenoxy) is 5. The van der Waals surface area contributed by atoms with Gasteiger partial charge in [-0.15, -0.1) is 0 Å². The van der Waals surface area contributed by atoms with Crippen LogP contribution in [0.25, 0.3) is 33.2 Å². The Kier molecular flexibility index (Phi) is 10.8. The third-order valence-electron chi connectivity index (χ3n) is 12.8. The molecule has 0 amide bonds. The minimum absolute atomic E-state index is 0.0768. The Morgan fingerprint density at radius 3 is 1.48 bits per heavy atom. The van der Waals surface area contributed by atoms with Crippen LogP contribution in [0.1, 0.15) is 72.2 Å². The number of hydrogen-bond acceptors (Lipinski definition) is 12. The van der Waals surface area contributed by atoms with Crippen molar-refractivity contribution in [2.24, 2.45) is 11.8 Å². The number of aromatic amines is 2. The van der Waals surface area contributed by atoms with Crippen LogP contribution in [-0.4, -0.2) is 85.3 Å². The summed E-state index contributed by atoms with van der Waals surface area (Å²) in [4.78, 5) is 84.3. The Hall–Kier alpha value is -6.57. The maximum atomic E-state index is 13.8. The molecule has 14 nitrogen and oxygen atoms in total. The molecule has 4 unspecified atom stereocenters. The first-order valence-electron chi connectivity index (χ1n) is 19.6. The van der Waals surface area contributed by atoms with Crippen molar-refractivity contribution in [2.75, 3.05) is 35.5 Å². The lowest BCUT2D eigenvalue weighted by molar-refractivity contribution is -0.149. The van der Waals surface area contributed by atoms with E-state index in [4.69, 9.17) is 33.7 Å². The zero-order valence-electron chi connectivity index (χ0n) is 35.4. The first kappa shape index (κ1) is 41.6. The number of esters is 5. The first-order valence-corrected chi connectivity index (χ1v) is 19.6. The number of carbonyl (C=O) groups excluding carboxylic acids is 5. The first-order chi connectivity index (χ1) is 28.6. The molecule has 312 valence electrons. The fraction of sp³-hybridized carbons (Fsp3) is 0.370. The molecule has 60 heavy (non-hydrogen) atoms. The highest BCUT2D eigenvalue weighted by molar-refractivity contribution is 6.03. The lowest BCUT2D eigenvalue weighted by Gasteiger charge is -2.36. The summed E-state index contributed by atoms with van der Waals surface area (Å²) in [5.74, 6) is -5.20. The molecule has 0 spiro atoms. The molecule has 14 heteroatoms. The third-order valence-corrected chi connectivity index (χ3v) is 12.8. The SMILES string of the molecule is CCc1c(C)c2cc3nc(cc4[nH]c(cc5nc(cc1[nH]2)C1(C)C5=CC=C(C(=O)OC)C1C(=O)OC)c(CCC(=O)OC)c4C)C1(C)C3=CC=C(C(=O)OC)C1C(=O)OC. The molecule has 0 aromatic carbocycles. The smallest absolute Gasteiger partial charge is 0.334 e. The second-order valence-corrected chi connectivity index (χ2v) is 15.6. The third kappa shape index (κ3) is 6.27. The van der Waals surface area contributed by atoms with Crippen molar-refractivity contribution < 1.29 is 47.7 Å². The quantitative estimate of drug-likeness (QED) is 0.197. The van der Waals surface area contributed by atoms with Gasteiger partial charge in [-0.05, 0) is 98.2 Å². The predicted octanol–water partition coefficient (Wildman–Crippen LogP) is 6.09. The van der Waals surface area contributed by atoms with Crippen LogP contribution < -0.4 is 0 Å². The van der Waals surface area contributed by atoms with Gasteiger partial charge in [0.05, 0.1) is 80.3 Å². The number of fused-ring (bicyclic) bond motifs is 14. The molecule has 0 fully saturated rings. The van der Waals surface area contributed by atoms with Gasteiger partial charge in [-0.25, -0.2) is 9.59 Å². The number of aryl methyl sites for hydroxylation is 4. The minimum Gasteiger partial charge on any atom is -0.469 e. The summed E-state index contributed by atoms with van der Waals surface area (Å²) >= 11 is 0. The van der Waals surface area contributed by atoms with E-state index in [9.17, 15) is 24.0 Å². The average molecular weight is 817 g/mol. The number of nitrogens with one attached hydrogen (secondary N) is 2. The van der Waals surface area contributed by atoms with Crippen molar-refractivity contribution in [2.45, 2.75) is 64.7 Å². The molecule has 2 aliphatic carbocycles. The maximum Gasteiger partial charge on any atom is 0.334 e. The summed E-state index contributed by atoms with van der Waals surface area (Å²) in [7, 11) is 6.43. The second kappa shape index (κ2) is 15.6. The number of rotatable bonds is 8. The molecule has 5 heterocycles. The molecule has 3 aromatic heterocycles. The zero-order chi connectivity index (χ0) is 43.4. The summed E-state index contributed by atoms with van der Waals surface area (Å²) in [6.07, 6.45) is 7.76. The predicted molar refractivity (Wildman–Crippen MR) is 222 cm³/mol. The monoisotopic (exact) mass is 816 g/mol. The van der Waals surface area contributed by atoms with Gasteiger partial charge in [-0.2, -0.15) is 0 Å². The summed E-state index contributed by atoms with van der Waals surface area (Å²) in [5, 5.41) is 0. The van der Waals surface area contributed by atoms with Gasteiger partial charge in [0.25, 0.3) is 0 Å². The normalized spacial score (nSPS) is 21.6. The Labute approximate surface area is 346 Å². The van der Waals surface area contributed by atoms with E-state index in [1.54, 1.807) is 24.3 Å². The summed E-state index contributed by atoms with van der Waals surface area (Å²) in [5.41, 5.74) is 7.54. The lowest BCUT2D eigenvalue weighted by atomic mass is 9.64. The Bertz CT molecular complexity index is 2690. The van der Waals surface area contributed by atoms with Crippen LogP contribution in [0.5, 0.6) is 0 Å². The standard InChI is InChI=1S/C46H48N4O10/c1-11-24-22(2)30-18-34-28-15-12-26(41(52)57-7)39(43(54)59-9)45(28,4)36(49-34)20-31-23(3)25(14-17-38(51)56-6)32(48-31)19-35-29-16-13-27(42(53)58-8)40(44(55)60-10)46(29,5)37(50-35)21-33(24)47-30/h12-13,15-16,18-21,39-40,47-48H,11,14,17H2,1-10H3. The fourth-order valence-corrected chi connectivity index (χ4v) is 9.40. The highest BCUT2D eigenvalue weighted by Gasteiger charge is 2.55. The van der Waals surface area contributed by atoms with Gasteiger partial charge >= 0.3 is 29.8 Å². The van der Waals surface area contributed by atoms with Crippen molar-refractivity contribution in [1.29, 1.82) is 0 Å². The molecular formula is C46H48N4O10. The topological polar surface area (TPSA) is 189 Å². The van der Waals surface area contributed by atoms with Crippen molar-refractivity contribution >= 4 is 63.1 Å². The Morgan fingerprint density at radius 2 is 1.03 bits per heavy atom. The van der Waals surface area contributed by atoms with E-state index in [0.29, 0.717) is 57.8 Å². The number of allylic oxidation sites excluding steroid dienone is 6. The average Bonchev–Trinajstić information content (AvgIpc) is 3.90. The van der Waals surface area contributed by atoms with Crippen LogP contribution in [0.3, 0.4) is 0 Å². The van der Waals surface area contributed by atoms with Gasteiger partial charge in [0.15, 0.2) is 0 Å². The van der Waals surface area contributed by atoms with Crippen molar-refractivity contribution in [1.82, 2.24) is 19.9 Å². The minimum atomic E-state index is -1.19. The Morgan fingerprint density at radius 1 is 0.600 bits per heavy atom. The molecule has 8 bridgehead atoms. The second-order valence-electron chi connectivity index (χ2n) is 15.6. The van der Waals surface area contributed by atoms with Crippen LogP contribution in [0.2, 0.25) is 0 Å². The van der Waals surface area contributed by atoms with E-state index in [0.717, 1.165) is 33.3 Å². The molecule has 0 radical (unpaired) electrons. The van der Waals surface area contributed by atoms with Gasteiger partial charge in [0.1, 0.15) is 11.8 Å². The number of hydrogen-bond donors (Lipinski definition) is 2.